The summed E-state index contributed by atoms with van der Waals surface area (Å²) < 4.78 is 0. The van der Waals surface area contributed by atoms with Crippen molar-refractivity contribution in [1.29, 1.82) is 0 Å². The highest BCUT2D eigenvalue weighted by Crippen LogP contribution is 2.17. The lowest BCUT2D eigenvalue weighted by molar-refractivity contribution is -0.136. The first-order valence-electron chi connectivity index (χ1n) is 8.86. The van der Waals surface area contributed by atoms with Gasteiger partial charge in [0.2, 0.25) is 5.91 Å². The summed E-state index contributed by atoms with van der Waals surface area (Å²) in [7, 11) is 0. The number of amides is 2. The highest BCUT2D eigenvalue weighted by molar-refractivity contribution is 5.94. The lowest BCUT2D eigenvalue weighted by atomic mass is 10.0. The second kappa shape index (κ2) is 7.75. The van der Waals surface area contributed by atoms with Gasteiger partial charge in [-0.2, -0.15) is 0 Å². The fourth-order valence-corrected chi connectivity index (χ4v) is 3.54. The molecule has 2 amide bonds. The molecule has 0 radical (unpaired) electrons. The first-order chi connectivity index (χ1) is 11.6. The molecule has 0 bridgehead atoms. The van der Waals surface area contributed by atoms with Crippen LogP contribution in [0.1, 0.15) is 36.5 Å². The van der Waals surface area contributed by atoms with Gasteiger partial charge in [0, 0.05) is 56.7 Å². The number of pyridine rings is 1. The van der Waals surface area contributed by atoms with Gasteiger partial charge in [-0.1, -0.05) is 0 Å². The zero-order valence-corrected chi connectivity index (χ0v) is 14.4. The zero-order valence-electron chi connectivity index (χ0n) is 14.4. The Hall–Kier alpha value is -1.95. The zero-order chi connectivity index (χ0) is 16.9. The second-order valence-corrected chi connectivity index (χ2v) is 6.74. The van der Waals surface area contributed by atoms with Crippen molar-refractivity contribution in [3.8, 4) is 0 Å². The van der Waals surface area contributed by atoms with E-state index in [2.05, 4.69) is 16.8 Å². The lowest BCUT2D eigenvalue weighted by Gasteiger charge is -2.38. The third-order valence-corrected chi connectivity index (χ3v) is 5.07. The van der Waals surface area contributed by atoms with Gasteiger partial charge in [0.05, 0.1) is 6.54 Å². The number of rotatable bonds is 3. The Morgan fingerprint density at radius 2 is 1.79 bits per heavy atom. The van der Waals surface area contributed by atoms with Crippen molar-refractivity contribution in [1.82, 2.24) is 19.7 Å². The van der Waals surface area contributed by atoms with Crippen LogP contribution in [0.4, 0.5) is 0 Å². The van der Waals surface area contributed by atoms with E-state index >= 15 is 0 Å². The number of hydrogen-bond donors (Lipinski definition) is 0. The largest absolute Gasteiger partial charge is 0.339 e. The van der Waals surface area contributed by atoms with Gasteiger partial charge in [-0.15, -0.1) is 0 Å². The SMILES string of the molecule is CC1CCCCN1C(=O)CN1CCN(C(=O)c2ccncc2)CC1. The molecule has 130 valence electrons. The summed E-state index contributed by atoms with van der Waals surface area (Å²) in [6, 6.07) is 3.85. The third-order valence-electron chi connectivity index (χ3n) is 5.07. The number of hydrogen-bond acceptors (Lipinski definition) is 4. The lowest BCUT2D eigenvalue weighted by Crippen LogP contribution is -2.53. The fourth-order valence-electron chi connectivity index (χ4n) is 3.54. The van der Waals surface area contributed by atoms with Gasteiger partial charge in [0.1, 0.15) is 0 Å². The van der Waals surface area contributed by atoms with Crippen LogP contribution in [0.15, 0.2) is 24.5 Å². The van der Waals surface area contributed by atoms with Gasteiger partial charge in [0.15, 0.2) is 0 Å². The van der Waals surface area contributed by atoms with Crippen LogP contribution in [0.5, 0.6) is 0 Å². The van der Waals surface area contributed by atoms with E-state index in [1.807, 2.05) is 9.80 Å². The van der Waals surface area contributed by atoms with Crippen molar-refractivity contribution < 1.29 is 9.59 Å². The molecule has 3 heterocycles. The van der Waals surface area contributed by atoms with Gasteiger partial charge >= 0.3 is 0 Å². The minimum Gasteiger partial charge on any atom is -0.339 e. The van der Waals surface area contributed by atoms with Gasteiger partial charge in [-0.3, -0.25) is 19.5 Å². The first kappa shape index (κ1) is 16.9. The summed E-state index contributed by atoms with van der Waals surface area (Å²) >= 11 is 0. The quantitative estimate of drug-likeness (QED) is 0.837. The van der Waals surface area contributed by atoms with E-state index in [4.69, 9.17) is 0 Å². The molecule has 2 aliphatic heterocycles. The molecular weight excluding hydrogens is 304 g/mol. The van der Waals surface area contributed by atoms with E-state index in [9.17, 15) is 9.59 Å². The molecule has 0 aliphatic carbocycles. The monoisotopic (exact) mass is 330 g/mol. The van der Waals surface area contributed by atoms with E-state index in [1.54, 1.807) is 24.5 Å². The summed E-state index contributed by atoms with van der Waals surface area (Å²) in [5, 5.41) is 0. The summed E-state index contributed by atoms with van der Waals surface area (Å²) in [4.78, 5) is 34.9. The predicted molar refractivity (Wildman–Crippen MR) is 91.6 cm³/mol. The Morgan fingerprint density at radius 3 is 2.46 bits per heavy atom. The van der Waals surface area contributed by atoms with Crippen LogP contribution in [-0.4, -0.2) is 76.8 Å². The number of carbonyl (C=O) groups is 2. The standard InChI is InChI=1S/C18H26N4O2/c1-15-4-2-3-9-22(15)17(23)14-20-10-12-21(13-11-20)18(24)16-5-7-19-8-6-16/h5-8,15H,2-4,9-14H2,1H3. The molecule has 0 saturated carbocycles. The van der Waals surface area contributed by atoms with E-state index in [0.717, 1.165) is 32.5 Å². The number of piperazine rings is 1. The molecule has 2 fully saturated rings. The Kier molecular flexibility index (Phi) is 5.45. The summed E-state index contributed by atoms with van der Waals surface area (Å²) in [5.74, 6) is 0.282. The Labute approximate surface area is 143 Å². The summed E-state index contributed by atoms with van der Waals surface area (Å²) in [6.45, 7) is 6.36. The molecule has 1 aromatic rings. The molecule has 2 aliphatic rings. The van der Waals surface area contributed by atoms with Crippen LogP contribution >= 0.6 is 0 Å². The van der Waals surface area contributed by atoms with Gasteiger partial charge in [0.25, 0.3) is 5.91 Å². The number of nitrogens with zero attached hydrogens (tertiary/aromatic N) is 4. The second-order valence-electron chi connectivity index (χ2n) is 6.74. The summed E-state index contributed by atoms with van der Waals surface area (Å²) in [5.41, 5.74) is 0.677. The smallest absolute Gasteiger partial charge is 0.254 e. The first-order valence-corrected chi connectivity index (χ1v) is 8.86. The average molecular weight is 330 g/mol. The Balaban J connectivity index is 1.48. The minimum absolute atomic E-state index is 0.0491. The number of piperidine rings is 1. The molecule has 3 rings (SSSR count). The Morgan fingerprint density at radius 1 is 1.08 bits per heavy atom. The number of aromatic nitrogens is 1. The van der Waals surface area contributed by atoms with E-state index in [0.29, 0.717) is 31.2 Å². The van der Waals surface area contributed by atoms with E-state index in [1.165, 1.54) is 6.42 Å². The third kappa shape index (κ3) is 3.93. The normalized spacial score (nSPS) is 22.5. The van der Waals surface area contributed by atoms with Crippen molar-refractivity contribution >= 4 is 11.8 Å². The molecule has 1 atom stereocenters. The van der Waals surface area contributed by atoms with Gasteiger partial charge < -0.3 is 9.80 Å². The fraction of sp³-hybridized carbons (Fsp3) is 0.611. The van der Waals surface area contributed by atoms with E-state index in [-0.39, 0.29) is 11.8 Å². The van der Waals surface area contributed by atoms with Crippen LogP contribution < -0.4 is 0 Å². The Bertz CT molecular complexity index is 570. The van der Waals surface area contributed by atoms with Crippen molar-refractivity contribution in [3.63, 3.8) is 0 Å². The van der Waals surface area contributed by atoms with Gasteiger partial charge in [-0.05, 0) is 38.3 Å². The molecule has 6 nitrogen and oxygen atoms in total. The van der Waals surface area contributed by atoms with Crippen molar-refractivity contribution in [2.75, 3.05) is 39.3 Å². The van der Waals surface area contributed by atoms with Crippen LogP contribution in [0, 0.1) is 0 Å². The van der Waals surface area contributed by atoms with Crippen molar-refractivity contribution in [2.45, 2.75) is 32.2 Å². The van der Waals surface area contributed by atoms with Gasteiger partial charge in [-0.25, -0.2) is 0 Å². The number of likely N-dealkylation sites (tertiary alicyclic amines) is 1. The maximum atomic E-state index is 12.5. The van der Waals surface area contributed by atoms with Crippen LogP contribution in [0.2, 0.25) is 0 Å². The molecule has 0 spiro atoms. The molecule has 0 aromatic carbocycles. The minimum atomic E-state index is 0.0491. The van der Waals surface area contributed by atoms with Crippen LogP contribution in [-0.2, 0) is 4.79 Å². The maximum absolute atomic E-state index is 12.5. The van der Waals surface area contributed by atoms with Crippen LogP contribution in [0.3, 0.4) is 0 Å². The van der Waals surface area contributed by atoms with Crippen LogP contribution in [0.25, 0.3) is 0 Å². The topological polar surface area (TPSA) is 56.8 Å². The van der Waals surface area contributed by atoms with Crippen molar-refractivity contribution in [2.24, 2.45) is 0 Å². The molecule has 24 heavy (non-hydrogen) atoms. The average Bonchev–Trinajstić information content (AvgIpc) is 2.63. The van der Waals surface area contributed by atoms with E-state index < -0.39 is 0 Å². The molecule has 2 saturated heterocycles. The molecule has 1 aromatic heterocycles. The van der Waals surface area contributed by atoms with Crippen molar-refractivity contribution in [3.05, 3.63) is 30.1 Å². The highest BCUT2D eigenvalue weighted by atomic mass is 16.2. The summed E-state index contributed by atoms with van der Waals surface area (Å²) in [6.07, 6.45) is 6.73. The molecule has 0 N–H and O–H groups in total. The molecular formula is C18H26N4O2. The number of carbonyl (C=O) groups excluding carboxylic acids is 2. The predicted octanol–water partition coefficient (Wildman–Crippen LogP) is 1.24. The molecule has 6 heteroatoms. The maximum Gasteiger partial charge on any atom is 0.254 e. The highest BCUT2D eigenvalue weighted by Gasteiger charge is 2.27. The molecule has 1 unspecified atom stereocenters.